The van der Waals surface area contributed by atoms with Crippen LogP contribution in [0.3, 0.4) is 0 Å². The molecule has 38 heavy (non-hydrogen) atoms. The largest absolute Gasteiger partial charge is 0.768 e. The first-order valence-corrected chi connectivity index (χ1v) is 14.2. The Kier molecular flexibility index (Phi) is 14.1. The summed E-state index contributed by atoms with van der Waals surface area (Å²) in [7, 11) is -4.60. The molecule has 1 aromatic carbocycles. The summed E-state index contributed by atoms with van der Waals surface area (Å²) in [6, 6.07) is 0.715. The van der Waals surface area contributed by atoms with Gasteiger partial charge >= 0.3 is 0 Å². The van der Waals surface area contributed by atoms with E-state index in [4.69, 9.17) is 15.0 Å². The summed E-state index contributed by atoms with van der Waals surface area (Å²) in [6.45, 7) is 3.45. The van der Waals surface area contributed by atoms with Gasteiger partial charge in [0.2, 0.25) is 17.7 Å². The molecule has 1 rings (SSSR count). The van der Waals surface area contributed by atoms with Crippen molar-refractivity contribution in [2.45, 2.75) is 56.5 Å². The Labute approximate surface area is 223 Å². The number of benzene rings is 1. The average Bonchev–Trinajstić information content (AvgIpc) is 2.80. The average molecular weight is 578 g/mol. The summed E-state index contributed by atoms with van der Waals surface area (Å²) < 4.78 is 59.6. The molecule has 0 bridgehead atoms. The smallest absolute Gasteiger partial charge is 0.267 e. The minimum Gasteiger partial charge on any atom is -0.768 e. The molecule has 3 unspecified atom stereocenters. The Morgan fingerprint density at radius 3 is 2.29 bits per heavy atom. The molecule has 0 saturated carbocycles. The van der Waals surface area contributed by atoms with Crippen molar-refractivity contribution in [2.75, 3.05) is 25.4 Å². The predicted octanol–water partition coefficient (Wildman–Crippen LogP) is -1.39. The van der Waals surface area contributed by atoms with E-state index in [0.717, 1.165) is 0 Å². The Bertz CT molecular complexity index is 1100. The minimum atomic E-state index is -4.60. The molecule has 14 nitrogen and oxygen atoms in total. The fraction of sp³-hybridized carbons (Fsp3) is 0.545. The number of amides is 3. The molecule has 0 radical (unpaired) electrons. The second-order valence-corrected chi connectivity index (χ2v) is 10.8. The molecule has 6 N–H and O–H groups in total. The third-order valence-electron chi connectivity index (χ3n) is 5.07. The van der Waals surface area contributed by atoms with Gasteiger partial charge in [-0.15, -0.1) is 0 Å². The van der Waals surface area contributed by atoms with E-state index < -0.39 is 50.8 Å². The summed E-state index contributed by atoms with van der Waals surface area (Å²) in [4.78, 5) is 47.0. The van der Waals surface area contributed by atoms with Crippen LogP contribution in [0.1, 0.15) is 36.8 Å². The summed E-state index contributed by atoms with van der Waals surface area (Å²) in [5, 5.41) is 7.09. The quantitative estimate of drug-likeness (QED) is 0.0625. The van der Waals surface area contributed by atoms with Crippen molar-refractivity contribution >= 4 is 45.2 Å². The molecule has 3 amide bonds. The highest BCUT2D eigenvalue weighted by Gasteiger charge is 2.26. The van der Waals surface area contributed by atoms with E-state index in [-0.39, 0.29) is 49.8 Å². The van der Waals surface area contributed by atoms with Crippen LogP contribution < -0.4 is 26.4 Å². The van der Waals surface area contributed by atoms with E-state index in [9.17, 15) is 36.4 Å². The highest BCUT2D eigenvalue weighted by Crippen LogP contribution is 2.24. The van der Waals surface area contributed by atoms with Gasteiger partial charge in [-0.3, -0.25) is 23.1 Å². The highest BCUT2D eigenvalue weighted by atomic mass is 32.2. The number of hydrogen-bond acceptors (Lipinski definition) is 10. The van der Waals surface area contributed by atoms with E-state index in [1.807, 2.05) is 0 Å². The van der Waals surface area contributed by atoms with E-state index in [1.54, 1.807) is 26.0 Å². The molecule has 0 aliphatic heterocycles. The van der Waals surface area contributed by atoms with Crippen molar-refractivity contribution in [3.05, 3.63) is 23.3 Å². The van der Waals surface area contributed by atoms with Crippen molar-refractivity contribution in [3.8, 4) is 5.75 Å². The number of nitrogens with one attached hydrogen (secondary N) is 3. The number of aldehydes is 1. The van der Waals surface area contributed by atoms with Crippen molar-refractivity contribution in [3.63, 3.8) is 0 Å². The van der Waals surface area contributed by atoms with Crippen LogP contribution in [-0.2, 0) is 40.4 Å². The molecule has 3 atom stereocenters. The maximum Gasteiger partial charge on any atom is 0.267 e. The molecular weight excluding hydrogens is 544 g/mol. The second-order valence-electron chi connectivity index (χ2n) is 8.42. The van der Waals surface area contributed by atoms with Gasteiger partial charge < -0.3 is 35.8 Å². The minimum absolute atomic E-state index is 0.0122. The van der Waals surface area contributed by atoms with Crippen molar-refractivity contribution < 1.29 is 45.6 Å². The second kappa shape index (κ2) is 16.1. The number of carbonyl (C=O) groups is 4. The molecule has 0 aromatic heterocycles. The Morgan fingerprint density at radius 1 is 1.13 bits per heavy atom. The first-order valence-electron chi connectivity index (χ1n) is 11.6. The molecule has 0 spiro atoms. The van der Waals surface area contributed by atoms with E-state index in [0.29, 0.717) is 29.6 Å². The molecule has 0 aliphatic carbocycles. The van der Waals surface area contributed by atoms with Crippen LogP contribution in [0.2, 0.25) is 0 Å². The molecule has 0 fully saturated rings. The zero-order chi connectivity index (χ0) is 28.9. The zero-order valence-electron chi connectivity index (χ0n) is 21.1. The molecule has 1 aromatic rings. The number of carbonyl (C=O) groups excluding carboxylic acids is 4. The van der Waals surface area contributed by atoms with Crippen LogP contribution in [-0.4, -0.2) is 83.3 Å². The SMILES string of the molecule is Cc1cc(OCCCC(=O)NCCNC(=O)C(CS(=O)(=O)O)NC(=O)CCC(N)C=O)cc(C)c1S(=O)[O-]. The first-order chi connectivity index (χ1) is 17.7. The van der Waals surface area contributed by atoms with Crippen molar-refractivity contribution in [2.24, 2.45) is 5.73 Å². The van der Waals surface area contributed by atoms with E-state index in [1.165, 1.54) is 0 Å². The lowest BCUT2D eigenvalue weighted by atomic mass is 10.1. The topological polar surface area (TPSA) is 234 Å². The number of ether oxygens (including phenoxy) is 1. The lowest BCUT2D eigenvalue weighted by Gasteiger charge is -2.17. The number of nitrogens with two attached hydrogens (primary N) is 1. The number of hydrogen-bond donors (Lipinski definition) is 5. The lowest BCUT2D eigenvalue weighted by molar-refractivity contribution is -0.128. The number of aryl methyl sites for hydroxylation is 2. The molecule has 0 saturated heterocycles. The van der Waals surface area contributed by atoms with Crippen LogP contribution in [0.25, 0.3) is 0 Å². The van der Waals surface area contributed by atoms with Gasteiger partial charge in [-0.1, -0.05) is 0 Å². The fourth-order valence-electron chi connectivity index (χ4n) is 3.30. The third kappa shape index (κ3) is 13.0. The van der Waals surface area contributed by atoms with Crippen LogP contribution in [0.15, 0.2) is 17.0 Å². The first kappa shape index (κ1) is 33.1. The van der Waals surface area contributed by atoms with E-state index in [2.05, 4.69) is 16.0 Å². The van der Waals surface area contributed by atoms with Crippen molar-refractivity contribution in [1.29, 1.82) is 0 Å². The Hall–Kier alpha value is -2.92. The summed E-state index contributed by atoms with van der Waals surface area (Å²) in [6.07, 6.45) is 0.669. The van der Waals surface area contributed by atoms with Crippen LogP contribution in [0.4, 0.5) is 0 Å². The lowest BCUT2D eigenvalue weighted by Crippen LogP contribution is -2.51. The molecular formula is C22H33N4O10S2-. The molecule has 214 valence electrons. The maximum absolute atomic E-state index is 12.3. The van der Waals surface area contributed by atoms with E-state index >= 15 is 0 Å². The predicted molar refractivity (Wildman–Crippen MR) is 135 cm³/mol. The summed E-state index contributed by atoms with van der Waals surface area (Å²) in [5.41, 5.74) is 6.48. The molecule has 0 aliphatic rings. The van der Waals surface area contributed by atoms with Crippen LogP contribution in [0, 0.1) is 13.8 Å². The zero-order valence-corrected chi connectivity index (χ0v) is 22.7. The van der Waals surface area contributed by atoms with Crippen LogP contribution >= 0.6 is 0 Å². The highest BCUT2D eigenvalue weighted by molar-refractivity contribution is 7.85. The van der Waals surface area contributed by atoms with Gasteiger partial charge in [0, 0.05) is 30.8 Å². The van der Waals surface area contributed by atoms with Gasteiger partial charge in [-0.05, 0) is 61.0 Å². The fourth-order valence-corrected chi connectivity index (χ4v) is 4.60. The summed E-state index contributed by atoms with van der Waals surface area (Å²) >= 11 is -2.35. The van der Waals surface area contributed by atoms with Gasteiger partial charge in [0.15, 0.2) is 0 Å². The van der Waals surface area contributed by atoms with Gasteiger partial charge in [-0.2, -0.15) is 8.42 Å². The van der Waals surface area contributed by atoms with Crippen molar-refractivity contribution in [1.82, 2.24) is 16.0 Å². The molecule has 16 heteroatoms. The maximum atomic E-state index is 12.3. The molecule has 0 heterocycles. The normalized spacial score (nSPS) is 13.6. The number of rotatable bonds is 17. The van der Waals surface area contributed by atoms with Crippen LogP contribution in [0.5, 0.6) is 5.75 Å². The summed E-state index contributed by atoms with van der Waals surface area (Å²) in [5.74, 6) is -2.54. The standard InChI is InChI=1S/C22H34N4O10S2/c1-14-10-17(11-15(2)21(14)37(31)32)36-9-3-4-19(28)24-7-8-25-22(30)18(13-38(33,34)35)26-20(29)6-5-16(23)12-27/h10-12,16,18H,3-9,13,23H2,1-2H3,(H,24,28)(H,25,30)(H,26,29)(H,31,32)(H,33,34,35)/p-1. The Morgan fingerprint density at radius 2 is 1.74 bits per heavy atom. The van der Waals surface area contributed by atoms with Gasteiger partial charge in [0.25, 0.3) is 10.1 Å². The third-order valence-corrected chi connectivity index (χ3v) is 6.80. The van der Waals surface area contributed by atoms with Gasteiger partial charge in [0.05, 0.1) is 12.6 Å². The van der Waals surface area contributed by atoms with Gasteiger partial charge in [0.1, 0.15) is 23.8 Å². The van der Waals surface area contributed by atoms with Gasteiger partial charge in [-0.25, -0.2) is 0 Å². The monoisotopic (exact) mass is 577 g/mol. The Balaban J connectivity index is 2.41.